The molecule has 0 aromatic heterocycles. The lowest BCUT2D eigenvalue weighted by atomic mass is 10.1. The fourth-order valence-corrected chi connectivity index (χ4v) is 1.17. The van der Waals surface area contributed by atoms with Crippen molar-refractivity contribution in [2.24, 2.45) is 0 Å². The predicted molar refractivity (Wildman–Crippen MR) is 63.1 cm³/mol. The van der Waals surface area contributed by atoms with Gasteiger partial charge in [0.25, 0.3) is 0 Å². The Morgan fingerprint density at radius 1 is 1.06 bits per heavy atom. The van der Waals surface area contributed by atoms with Gasteiger partial charge in [0.1, 0.15) is 0 Å². The van der Waals surface area contributed by atoms with Gasteiger partial charge in [0.15, 0.2) is 5.78 Å². The van der Waals surface area contributed by atoms with E-state index in [2.05, 4.69) is 0 Å². The molecule has 0 heterocycles. The molecule has 0 aliphatic rings. The number of rotatable bonds is 4. The van der Waals surface area contributed by atoms with Crippen LogP contribution in [0.25, 0.3) is 0 Å². The van der Waals surface area contributed by atoms with E-state index in [-0.39, 0.29) is 5.78 Å². The van der Waals surface area contributed by atoms with E-state index < -0.39 is 16.8 Å². The molecule has 1 rings (SSSR count). The van der Waals surface area contributed by atoms with E-state index in [1.807, 2.05) is 0 Å². The Kier molecular flexibility index (Phi) is 4.48. The van der Waals surface area contributed by atoms with Crippen molar-refractivity contribution in [1.29, 1.82) is 0 Å². The van der Waals surface area contributed by atoms with Crippen molar-refractivity contribution in [2.75, 3.05) is 0 Å². The van der Waals surface area contributed by atoms with Gasteiger partial charge in [-0.1, -0.05) is 41.9 Å². The third kappa shape index (κ3) is 3.77. The molecule has 0 saturated carbocycles. The van der Waals surface area contributed by atoms with Crippen molar-refractivity contribution in [1.82, 2.24) is 0 Å². The number of aliphatic carboxylic acids is 1. The largest absolute Gasteiger partial charge is 0.501 e. The number of carbonyl (C=O) groups is 2. The van der Waals surface area contributed by atoms with Gasteiger partial charge in [0.05, 0.1) is 5.03 Å². The standard InChI is InChI=1S/C12H9ClO4/c13-9(11(15)12(16)17)6-7-10(14)8-4-2-1-3-5-8/h1-7,15H,(H,16,17). The fraction of sp³-hybridized carbons (Fsp3) is 0. The molecule has 0 atom stereocenters. The number of carboxylic acid groups (broad SMARTS) is 1. The minimum atomic E-state index is -1.55. The first kappa shape index (κ1) is 13.0. The summed E-state index contributed by atoms with van der Waals surface area (Å²) in [5.41, 5.74) is 0.447. The van der Waals surface area contributed by atoms with Gasteiger partial charge < -0.3 is 10.2 Å². The summed E-state index contributed by atoms with van der Waals surface area (Å²) in [7, 11) is 0. The molecule has 0 amide bonds. The van der Waals surface area contributed by atoms with Crippen LogP contribution in [-0.2, 0) is 4.79 Å². The zero-order chi connectivity index (χ0) is 12.8. The third-order valence-corrected chi connectivity index (χ3v) is 2.17. The molecule has 0 aliphatic heterocycles. The van der Waals surface area contributed by atoms with Crippen molar-refractivity contribution < 1.29 is 19.8 Å². The summed E-state index contributed by atoms with van der Waals surface area (Å²) >= 11 is 5.47. The number of aliphatic hydroxyl groups excluding tert-OH is 1. The number of allylic oxidation sites excluding steroid dienone is 3. The van der Waals surface area contributed by atoms with Crippen LogP contribution in [0.15, 0.2) is 53.3 Å². The summed E-state index contributed by atoms with van der Waals surface area (Å²) in [6.07, 6.45) is 2.14. The lowest BCUT2D eigenvalue weighted by Crippen LogP contribution is -2.00. The number of aliphatic hydroxyl groups is 1. The van der Waals surface area contributed by atoms with Crippen molar-refractivity contribution in [3.8, 4) is 0 Å². The van der Waals surface area contributed by atoms with E-state index in [0.29, 0.717) is 5.56 Å². The summed E-state index contributed by atoms with van der Waals surface area (Å²) < 4.78 is 0. The number of carboxylic acids is 1. The zero-order valence-corrected chi connectivity index (χ0v) is 9.39. The average molecular weight is 253 g/mol. The highest BCUT2D eigenvalue weighted by atomic mass is 35.5. The van der Waals surface area contributed by atoms with Gasteiger partial charge in [-0.05, 0) is 12.2 Å². The van der Waals surface area contributed by atoms with Crippen molar-refractivity contribution in [2.45, 2.75) is 0 Å². The molecule has 4 nitrogen and oxygen atoms in total. The molecule has 2 N–H and O–H groups in total. The Bertz CT molecular complexity index is 488. The SMILES string of the molecule is O=C(O)C(O)=C(Cl)C=CC(=O)c1ccccc1. The van der Waals surface area contributed by atoms with Gasteiger partial charge in [-0.25, -0.2) is 4.79 Å². The van der Waals surface area contributed by atoms with Crippen LogP contribution in [0, 0.1) is 0 Å². The first-order chi connectivity index (χ1) is 8.02. The van der Waals surface area contributed by atoms with Crippen LogP contribution in [0.1, 0.15) is 10.4 Å². The number of carbonyl (C=O) groups excluding carboxylic acids is 1. The van der Waals surface area contributed by atoms with Crippen LogP contribution in [-0.4, -0.2) is 22.0 Å². The highest BCUT2D eigenvalue weighted by molar-refractivity contribution is 6.33. The summed E-state index contributed by atoms with van der Waals surface area (Å²) in [5.74, 6) is -2.88. The molecule has 17 heavy (non-hydrogen) atoms. The highest BCUT2D eigenvalue weighted by Crippen LogP contribution is 2.10. The van der Waals surface area contributed by atoms with Gasteiger partial charge in [0.2, 0.25) is 5.76 Å². The van der Waals surface area contributed by atoms with Crippen molar-refractivity contribution in [3.05, 3.63) is 58.8 Å². The van der Waals surface area contributed by atoms with Crippen LogP contribution >= 0.6 is 11.6 Å². The molecule has 88 valence electrons. The fourth-order valence-electron chi connectivity index (χ4n) is 1.03. The van der Waals surface area contributed by atoms with E-state index in [1.165, 1.54) is 0 Å². The summed E-state index contributed by atoms with van der Waals surface area (Å²) in [5, 5.41) is 17.0. The predicted octanol–water partition coefficient (Wildman–Crippen LogP) is 2.52. The maximum absolute atomic E-state index is 11.5. The number of hydrogen-bond donors (Lipinski definition) is 2. The zero-order valence-electron chi connectivity index (χ0n) is 8.63. The van der Waals surface area contributed by atoms with Gasteiger partial charge in [-0.3, -0.25) is 4.79 Å². The number of hydrogen-bond acceptors (Lipinski definition) is 3. The molecule has 0 unspecified atom stereocenters. The second-order valence-corrected chi connectivity index (χ2v) is 3.47. The normalized spacial score (nSPS) is 12.3. The molecule has 5 heteroatoms. The highest BCUT2D eigenvalue weighted by Gasteiger charge is 2.09. The topological polar surface area (TPSA) is 74.6 Å². The van der Waals surface area contributed by atoms with Crippen LogP contribution in [0.2, 0.25) is 0 Å². The molecule has 0 spiro atoms. The average Bonchev–Trinajstić information content (AvgIpc) is 2.35. The van der Waals surface area contributed by atoms with Crippen LogP contribution in [0.3, 0.4) is 0 Å². The quantitative estimate of drug-likeness (QED) is 0.374. The van der Waals surface area contributed by atoms with Gasteiger partial charge in [0, 0.05) is 5.56 Å². The second-order valence-electron chi connectivity index (χ2n) is 3.07. The Hall–Kier alpha value is -2.07. The van der Waals surface area contributed by atoms with Gasteiger partial charge >= 0.3 is 5.97 Å². The smallest absolute Gasteiger partial charge is 0.372 e. The molecule has 0 radical (unpaired) electrons. The first-order valence-electron chi connectivity index (χ1n) is 4.62. The van der Waals surface area contributed by atoms with E-state index in [0.717, 1.165) is 12.2 Å². The minimum Gasteiger partial charge on any atom is -0.501 e. The van der Waals surface area contributed by atoms with Gasteiger partial charge in [-0.2, -0.15) is 0 Å². The molecule has 0 aliphatic carbocycles. The molecule has 0 bridgehead atoms. The number of ketones is 1. The Labute approximate surface area is 102 Å². The van der Waals surface area contributed by atoms with Crippen molar-refractivity contribution in [3.63, 3.8) is 0 Å². The summed E-state index contributed by atoms with van der Waals surface area (Å²) in [6, 6.07) is 8.40. The van der Waals surface area contributed by atoms with Gasteiger partial charge in [-0.15, -0.1) is 0 Å². The Morgan fingerprint density at radius 2 is 1.65 bits per heavy atom. The lowest BCUT2D eigenvalue weighted by molar-refractivity contribution is -0.135. The first-order valence-corrected chi connectivity index (χ1v) is 4.99. The molecular weight excluding hydrogens is 244 g/mol. The van der Waals surface area contributed by atoms with Crippen LogP contribution < -0.4 is 0 Å². The number of benzene rings is 1. The molecule has 1 aromatic rings. The lowest BCUT2D eigenvalue weighted by Gasteiger charge is -1.95. The maximum Gasteiger partial charge on any atom is 0.372 e. The Morgan fingerprint density at radius 3 is 2.18 bits per heavy atom. The monoisotopic (exact) mass is 252 g/mol. The summed E-state index contributed by atoms with van der Waals surface area (Å²) in [4.78, 5) is 21.9. The van der Waals surface area contributed by atoms with E-state index in [1.54, 1.807) is 30.3 Å². The second kappa shape index (κ2) is 5.86. The maximum atomic E-state index is 11.5. The van der Waals surface area contributed by atoms with Crippen LogP contribution in [0.5, 0.6) is 0 Å². The molecular formula is C12H9ClO4. The molecule has 0 fully saturated rings. The minimum absolute atomic E-state index is 0.332. The third-order valence-electron chi connectivity index (χ3n) is 1.87. The van der Waals surface area contributed by atoms with E-state index in [4.69, 9.17) is 21.8 Å². The summed E-state index contributed by atoms with van der Waals surface area (Å²) in [6.45, 7) is 0. The van der Waals surface area contributed by atoms with E-state index >= 15 is 0 Å². The molecule has 0 saturated heterocycles. The molecule has 1 aromatic carbocycles. The number of halogens is 1. The van der Waals surface area contributed by atoms with E-state index in [9.17, 15) is 9.59 Å². The van der Waals surface area contributed by atoms with Crippen LogP contribution in [0.4, 0.5) is 0 Å². The van der Waals surface area contributed by atoms with Crippen molar-refractivity contribution >= 4 is 23.4 Å². The Balaban J connectivity index is 2.83.